The molecule has 0 unspecified atom stereocenters. The molecule has 3 aromatic heterocycles. The number of benzene rings is 1. The van der Waals surface area contributed by atoms with Crippen LogP contribution in [-0.4, -0.2) is 25.4 Å². The fraction of sp³-hybridized carbons (Fsp3) is 0.227. The largest absolute Gasteiger partial charge is 0.380 e. The molecule has 1 aliphatic rings. The number of nitrogens with one attached hydrogen (secondary N) is 1. The molecule has 6 nitrogen and oxygen atoms in total. The SMILES string of the molecule is CCn1cc(-n2cccn2)c(=O)c2cc(NC3Cc4ccccc4C3)cnc21. The highest BCUT2D eigenvalue weighted by molar-refractivity contribution is 5.80. The van der Waals surface area contributed by atoms with Crippen molar-refractivity contribution in [2.75, 3.05) is 5.32 Å². The molecule has 0 aliphatic heterocycles. The van der Waals surface area contributed by atoms with E-state index in [0.717, 1.165) is 25.1 Å². The molecule has 5 rings (SSSR count). The van der Waals surface area contributed by atoms with Crippen LogP contribution in [-0.2, 0) is 19.4 Å². The monoisotopic (exact) mass is 371 g/mol. The Morgan fingerprint density at radius 1 is 1.18 bits per heavy atom. The van der Waals surface area contributed by atoms with Gasteiger partial charge in [-0.1, -0.05) is 24.3 Å². The summed E-state index contributed by atoms with van der Waals surface area (Å²) in [5.41, 5.74) is 4.83. The Hall–Kier alpha value is -3.41. The number of hydrogen-bond donors (Lipinski definition) is 1. The Morgan fingerprint density at radius 2 is 1.96 bits per heavy atom. The van der Waals surface area contributed by atoms with Crippen LogP contribution in [0.2, 0.25) is 0 Å². The smallest absolute Gasteiger partial charge is 0.216 e. The molecule has 140 valence electrons. The summed E-state index contributed by atoms with van der Waals surface area (Å²) in [5.74, 6) is 0. The minimum Gasteiger partial charge on any atom is -0.380 e. The quantitative estimate of drug-likeness (QED) is 0.598. The first-order valence-corrected chi connectivity index (χ1v) is 9.59. The van der Waals surface area contributed by atoms with Gasteiger partial charge in [0.05, 0.1) is 17.3 Å². The summed E-state index contributed by atoms with van der Waals surface area (Å²) < 4.78 is 3.60. The summed E-state index contributed by atoms with van der Waals surface area (Å²) in [5, 5.41) is 8.40. The van der Waals surface area contributed by atoms with Crippen molar-refractivity contribution in [3.63, 3.8) is 0 Å². The van der Waals surface area contributed by atoms with Crippen LogP contribution in [0.25, 0.3) is 16.7 Å². The van der Waals surface area contributed by atoms with Crippen LogP contribution < -0.4 is 10.7 Å². The molecular weight excluding hydrogens is 350 g/mol. The highest BCUT2D eigenvalue weighted by Gasteiger charge is 2.21. The molecule has 6 heteroatoms. The van der Waals surface area contributed by atoms with Crippen molar-refractivity contribution < 1.29 is 0 Å². The van der Waals surface area contributed by atoms with E-state index >= 15 is 0 Å². The van der Waals surface area contributed by atoms with Gasteiger partial charge in [-0.3, -0.25) is 4.79 Å². The maximum absolute atomic E-state index is 13.1. The molecule has 0 saturated carbocycles. The molecule has 4 aromatic rings. The first-order valence-electron chi connectivity index (χ1n) is 9.59. The van der Waals surface area contributed by atoms with Crippen LogP contribution >= 0.6 is 0 Å². The first kappa shape index (κ1) is 16.7. The number of anilines is 1. The summed E-state index contributed by atoms with van der Waals surface area (Å²) >= 11 is 0. The second-order valence-electron chi connectivity index (χ2n) is 7.19. The van der Waals surface area contributed by atoms with Crippen molar-refractivity contribution in [3.05, 3.63) is 82.5 Å². The number of hydrogen-bond acceptors (Lipinski definition) is 4. The molecule has 3 heterocycles. The summed E-state index contributed by atoms with van der Waals surface area (Å²) in [6, 6.07) is 12.6. The second kappa shape index (κ2) is 6.64. The Bertz CT molecular complexity index is 1180. The van der Waals surface area contributed by atoms with Gasteiger partial charge < -0.3 is 9.88 Å². The number of aromatic nitrogens is 4. The zero-order chi connectivity index (χ0) is 19.1. The fourth-order valence-corrected chi connectivity index (χ4v) is 4.05. The lowest BCUT2D eigenvalue weighted by Crippen LogP contribution is -2.21. The van der Waals surface area contributed by atoms with E-state index in [2.05, 4.69) is 39.7 Å². The molecule has 0 fully saturated rings. The predicted molar refractivity (Wildman–Crippen MR) is 110 cm³/mol. The van der Waals surface area contributed by atoms with E-state index in [9.17, 15) is 4.79 Å². The molecule has 0 atom stereocenters. The van der Waals surface area contributed by atoms with Crippen molar-refractivity contribution in [2.45, 2.75) is 32.4 Å². The van der Waals surface area contributed by atoms with E-state index < -0.39 is 0 Å². The number of nitrogens with zero attached hydrogens (tertiary/aromatic N) is 4. The van der Waals surface area contributed by atoms with Crippen LogP contribution in [0.4, 0.5) is 5.69 Å². The molecule has 0 saturated heterocycles. The lowest BCUT2D eigenvalue weighted by Gasteiger charge is -2.15. The Kier molecular flexibility index (Phi) is 3.97. The topological polar surface area (TPSA) is 64.7 Å². The fourth-order valence-electron chi connectivity index (χ4n) is 4.05. The number of aryl methyl sites for hydroxylation is 1. The number of fused-ring (bicyclic) bond motifs is 2. The Labute approximate surface area is 162 Å². The van der Waals surface area contributed by atoms with Gasteiger partial charge in [0.15, 0.2) is 0 Å². The van der Waals surface area contributed by atoms with Gasteiger partial charge in [0.25, 0.3) is 0 Å². The van der Waals surface area contributed by atoms with Crippen LogP contribution in [0, 0.1) is 0 Å². The van der Waals surface area contributed by atoms with Crippen molar-refractivity contribution in [2.24, 2.45) is 0 Å². The molecule has 0 amide bonds. The third-order valence-corrected chi connectivity index (χ3v) is 5.41. The van der Waals surface area contributed by atoms with E-state index in [-0.39, 0.29) is 5.43 Å². The molecule has 0 radical (unpaired) electrons. The van der Waals surface area contributed by atoms with Crippen molar-refractivity contribution >= 4 is 16.7 Å². The maximum Gasteiger partial charge on any atom is 0.216 e. The average molecular weight is 371 g/mol. The molecular formula is C22H21N5O. The molecule has 28 heavy (non-hydrogen) atoms. The number of pyridine rings is 2. The lowest BCUT2D eigenvalue weighted by atomic mass is 10.1. The molecule has 0 spiro atoms. The van der Waals surface area contributed by atoms with E-state index in [1.54, 1.807) is 17.1 Å². The van der Waals surface area contributed by atoms with Gasteiger partial charge in [0.2, 0.25) is 5.43 Å². The van der Waals surface area contributed by atoms with Crippen LogP contribution in [0.3, 0.4) is 0 Å². The van der Waals surface area contributed by atoms with Crippen LogP contribution in [0.5, 0.6) is 0 Å². The summed E-state index contributed by atoms with van der Waals surface area (Å²) in [6.45, 7) is 2.77. The Balaban J connectivity index is 1.54. The van der Waals surface area contributed by atoms with Gasteiger partial charge in [0, 0.05) is 31.2 Å². The van der Waals surface area contributed by atoms with E-state index in [0.29, 0.717) is 22.8 Å². The van der Waals surface area contributed by atoms with Gasteiger partial charge in [-0.25, -0.2) is 9.67 Å². The lowest BCUT2D eigenvalue weighted by molar-refractivity contribution is 0.756. The standard InChI is InChI=1S/C22H21N5O/c1-2-26-14-20(27-9-5-8-24-27)21(28)19-12-18(13-23-22(19)26)25-17-10-15-6-3-4-7-16(15)11-17/h3-9,12-14,17,25H,2,10-11H2,1H3. The predicted octanol–water partition coefficient (Wildman–Crippen LogP) is 3.18. The van der Waals surface area contributed by atoms with Gasteiger partial charge in [-0.15, -0.1) is 0 Å². The van der Waals surface area contributed by atoms with Gasteiger partial charge >= 0.3 is 0 Å². The van der Waals surface area contributed by atoms with Gasteiger partial charge in [-0.05, 0) is 43.0 Å². The average Bonchev–Trinajstić information content (AvgIpc) is 3.38. The van der Waals surface area contributed by atoms with Gasteiger partial charge in [0.1, 0.15) is 11.3 Å². The maximum atomic E-state index is 13.1. The third kappa shape index (κ3) is 2.78. The minimum absolute atomic E-state index is 0.0609. The van der Waals surface area contributed by atoms with Crippen molar-refractivity contribution in [1.29, 1.82) is 0 Å². The van der Waals surface area contributed by atoms with E-state index in [4.69, 9.17) is 0 Å². The van der Waals surface area contributed by atoms with Crippen molar-refractivity contribution in [1.82, 2.24) is 19.3 Å². The third-order valence-electron chi connectivity index (χ3n) is 5.41. The second-order valence-corrected chi connectivity index (χ2v) is 7.19. The summed E-state index contributed by atoms with van der Waals surface area (Å²) in [6.07, 6.45) is 9.08. The minimum atomic E-state index is -0.0609. The summed E-state index contributed by atoms with van der Waals surface area (Å²) in [7, 11) is 0. The van der Waals surface area contributed by atoms with Crippen LogP contribution in [0.1, 0.15) is 18.1 Å². The zero-order valence-electron chi connectivity index (χ0n) is 15.7. The van der Waals surface area contributed by atoms with Crippen LogP contribution in [0.15, 0.2) is 66.0 Å². The van der Waals surface area contributed by atoms with E-state index in [1.807, 2.05) is 36.0 Å². The molecule has 0 bridgehead atoms. The Morgan fingerprint density at radius 3 is 2.64 bits per heavy atom. The molecule has 1 aromatic carbocycles. The van der Waals surface area contributed by atoms with E-state index in [1.165, 1.54) is 11.1 Å². The van der Waals surface area contributed by atoms with Crippen molar-refractivity contribution in [3.8, 4) is 5.69 Å². The zero-order valence-corrected chi connectivity index (χ0v) is 15.7. The molecule has 1 N–H and O–H groups in total. The normalized spacial score (nSPS) is 13.8. The van der Waals surface area contributed by atoms with Gasteiger partial charge in [-0.2, -0.15) is 5.10 Å². The highest BCUT2D eigenvalue weighted by atomic mass is 16.1. The molecule has 1 aliphatic carbocycles. The highest BCUT2D eigenvalue weighted by Crippen LogP contribution is 2.25. The first-order chi connectivity index (χ1) is 13.7. The number of rotatable bonds is 4. The summed E-state index contributed by atoms with van der Waals surface area (Å²) in [4.78, 5) is 17.7.